The van der Waals surface area contributed by atoms with E-state index >= 15 is 0 Å². The second-order valence-electron chi connectivity index (χ2n) is 16.6. The number of urea groups is 1. The number of benzene rings is 2. The highest BCUT2D eigenvalue weighted by Crippen LogP contribution is 2.33. The van der Waals surface area contributed by atoms with E-state index in [2.05, 4.69) is 42.5 Å². The van der Waals surface area contributed by atoms with Gasteiger partial charge in [-0.05, 0) is 56.1 Å². The van der Waals surface area contributed by atoms with E-state index in [1.165, 1.54) is 5.48 Å². The maximum absolute atomic E-state index is 13.8. The number of aliphatic carboxylic acids is 1. The van der Waals surface area contributed by atoms with Crippen molar-refractivity contribution in [2.45, 2.75) is 113 Å². The molecule has 4 rings (SSSR count). The molecular weight excluding hydrogens is 905 g/mol. The van der Waals surface area contributed by atoms with Crippen LogP contribution in [0.1, 0.15) is 75.3 Å². The van der Waals surface area contributed by atoms with Gasteiger partial charge < -0.3 is 53.4 Å². The van der Waals surface area contributed by atoms with E-state index in [1.54, 1.807) is 60.7 Å². The van der Waals surface area contributed by atoms with Crippen LogP contribution in [-0.4, -0.2) is 130 Å². The number of nitrogens with one attached hydrogen (secondary N) is 9. The molecule has 0 saturated carbocycles. The number of fused-ring (bicyclic) bond motifs is 1. The first-order chi connectivity index (χ1) is 32.6. The fourth-order valence-corrected chi connectivity index (χ4v) is 9.25. The Labute approximate surface area is 397 Å². The van der Waals surface area contributed by atoms with Crippen molar-refractivity contribution in [1.29, 1.82) is 0 Å². The van der Waals surface area contributed by atoms with Gasteiger partial charge >= 0.3 is 12.0 Å². The van der Waals surface area contributed by atoms with Crippen molar-refractivity contribution >= 4 is 71.0 Å². The molecule has 7 atom stereocenters. The van der Waals surface area contributed by atoms with Crippen molar-refractivity contribution in [3.05, 3.63) is 71.8 Å². The monoisotopic (exact) mass is 966 g/mol. The SMILES string of the molecule is NC(=O)[C@H](CCCCNC(=O)CCCC[C@@H]1SC[C@@H]2NC(=O)N[C@@H]21)NC(=O)CNC(=O)CNC(=O)[C@H](CCC(=O)O)NC(=O)[C@H](Cc1ccccc1)NC(=O)C(CC(=O)NO)Cc1ccccc1. The van der Waals surface area contributed by atoms with Crippen LogP contribution < -0.4 is 53.7 Å². The molecule has 23 heteroatoms. The van der Waals surface area contributed by atoms with Crippen LogP contribution in [0.2, 0.25) is 0 Å². The summed E-state index contributed by atoms with van der Waals surface area (Å²) >= 11 is 1.82. The van der Waals surface area contributed by atoms with Crippen LogP contribution in [0.4, 0.5) is 4.79 Å². The van der Waals surface area contributed by atoms with Crippen molar-refractivity contribution in [3.8, 4) is 0 Å². The number of amides is 10. The zero-order chi connectivity index (χ0) is 49.4. The predicted octanol–water partition coefficient (Wildman–Crippen LogP) is -0.967. The van der Waals surface area contributed by atoms with Gasteiger partial charge in [0, 0.05) is 43.2 Å². The minimum Gasteiger partial charge on any atom is -0.481 e. The Morgan fingerprint density at radius 1 is 0.662 bits per heavy atom. The van der Waals surface area contributed by atoms with E-state index in [4.69, 9.17) is 5.73 Å². The van der Waals surface area contributed by atoms with Crippen LogP contribution in [0.5, 0.6) is 0 Å². The number of carboxylic acids is 1. The van der Waals surface area contributed by atoms with Gasteiger partial charge in [0.1, 0.15) is 18.1 Å². The highest BCUT2D eigenvalue weighted by molar-refractivity contribution is 8.00. The van der Waals surface area contributed by atoms with E-state index in [0.717, 1.165) is 18.6 Å². The molecule has 2 aromatic carbocycles. The number of rotatable bonds is 30. The standard InChI is InChI=1S/C45H62N10O12S/c46-41(62)30(15-9-10-20-47-35(56)17-8-7-16-34-40-33(26-68-34)53-45(66)54-40)50-38(59)25-48-37(58)24-49-43(64)31(18-19-39(60)61)51-44(65)32(22-28-13-5-2-6-14-28)52-42(63)29(23-36(57)55-67)21-27-11-3-1-4-12-27/h1-6,11-14,29-34,40,67H,7-10,15-26H2,(H2,46,62)(H,47,56)(H,48,58)(H,49,64)(H,50,59)(H,51,65)(H,52,63)(H,55,57)(H,60,61)(H2,53,54,66)/t29?,30-,31-,32-,33-,34-,40-/m0/s1. The molecule has 2 heterocycles. The molecule has 0 aromatic heterocycles. The quantitative estimate of drug-likeness (QED) is 0.0194. The van der Waals surface area contributed by atoms with E-state index in [9.17, 15) is 58.3 Å². The number of primary amides is 1. The number of hydrogen-bond donors (Lipinski definition) is 12. The first-order valence-corrected chi connectivity index (χ1v) is 23.6. The number of thioether (sulfide) groups is 1. The highest BCUT2D eigenvalue weighted by atomic mass is 32.2. The van der Waals surface area contributed by atoms with Crippen LogP contribution in [0.3, 0.4) is 0 Å². The fraction of sp³-hybridized carbons (Fsp3) is 0.511. The van der Waals surface area contributed by atoms with Gasteiger partial charge in [0.05, 0.1) is 31.1 Å². The van der Waals surface area contributed by atoms with Crippen molar-refractivity contribution < 1.29 is 58.3 Å². The van der Waals surface area contributed by atoms with Gasteiger partial charge in [-0.15, -0.1) is 0 Å². The molecule has 0 spiro atoms. The Bertz CT molecular complexity index is 2070. The largest absolute Gasteiger partial charge is 0.481 e. The maximum Gasteiger partial charge on any atom is 0.315 e. The summed E-state index contributed by atoms with van der Waals surface area (Å²) in [7, 11) is 0. The smallest absolute Gasteiger partial charge is 0.315 e. The zero-order valence-electron chi connectivity index (χ0n) is 37.6. The van der Waals surface area contributed by atoms with Gasteiger partial charge in [0.25, 0.3) is 0 Å². The molecule has 22 nitrogen and oxygen atoms in total. The van der Waals surface area contributed by atoms with Crippen molar-refractivity contribution in [2.24, 2.45) is 11.7 Å². The summed E-state index contributed by atoms with van der Waals surface area (Å²) in [4.78, 5) is 126. The number of nitrogens with two attached hydrogens (primary N) is 1. The Balaban J connectivity index is 1.21. The molecule has 10 amide bonds. The number of carbonyl (C=O) groups excluding carboxylic acids is 9. The first-order valence-electron chi connectivity index (χ1n) is 22.5. The minimum absolute atomic E-state index is 0.0694. The lowest BCUT2D eigenvalue weighted by Crippen LogP contribution is -2.56. The molecular formula is C45H62N10O12S. The van der Waals surface area contributed by atoms with Crippen molar-refractivity contribution in [3.63, 3.8) is 0 Å². The number of carbonyl (C=O) groups is 10. The number of hydroxylamine groups is 1. The average Bonchev–Trinajstić information content (AvgIpc) is 3.88. The molecule has 2 aliphatic heterocycles. The normalized spacial score (nSPS) is 17.6. The third-order valence-electron chi connectivity index (χ3n) is 11.3. The van der Waals surface area contributed by atoms with Gasteiger partial charge in [-0.1, -0.05) is 67.1 Å². The predicted molar refractivity (Wildman–Crippen MR) is 247 cm³/mol. The van der Waals surface area contributed by atoms with Gasteiger partial charge in [-0.2, -0.15) is 11.8 Å². The summed E-state index contributed by atoms with van der Waals surface area (Å²) < 4.78 is 0. The van der Waals surface area contributed by atoms with Crippen LogP contribution in [-0.2, 0) is 56.0 Å². The Hall–Kier alpha value is -6.75. The molecule has 2 fully saturated rings. The Morgan fingerprint density at radius 2 is 1.32 bits per heavy atom. The summed E-state index contributed by atoms with van der Waals surface area (Å²) in [6.45, 7) is -0.923. The molecule has 0 aliphatic carbocycles. The third kappa shape index (κ3) is 19.2. The summed E-state index contributed by atoms with van der Waals surface area (Å²) in [5.41, 5.74) is 8.32. The molecule has 68 heavy (non-hydrogen) atoms. The van der Waals surface area contributed by atoms with Gasteiger partial charge in [-0.25, -0.2) is 10.3 Å². The highest BCUT2D eigenvalue weighted by Gasteiger charge is 2.42. The molecule has 2 aliphatic rings. The minimum atomic E-state index is -1.49. The van der Waals surface area contributed by atoms with Crippen molar-refractivity contribution in [2.75, 3.05) is 25.4 Å². The summed E-state index contributed by atoms with van der Waals surface area (Å²) in [6.07, 6.45) is 2.55. The average molecular weight is 967 g/mol. The van der Waals surface area contributed by atoms with E-state index < -0.39 is 104 Å². The Kier molecular flexibility index (Phi) is 22.5. The van der Waals surface area contributed by atoms with E-state index in [0.29, 0.717) is 48.6 Å². The first kappa shape index (κ1) is 53.9. The lowest BCUT2D eigenvalue weighted by Gasteiger charge is -2.25. The lowest BCUT2D eigenvalue weighted by molar-refractivity contribution is -0.138. The molecule has 2 saturated heterocycles. The second kappa shape index (κ2) is 28.4. The van der Waals surface area contributed by atoms with Crippen LogP contribution in [0, 0.1) is 5.92 Å². The van der Waals surface area contributed by atoms with Crippen LogP contribution in [0.15, 0.2) is 60.7 Å². The van der Waals surface area contributed by atoms with E-state index in [1.807, 2.05) is 11.8 Å². The van der Waals surface area contributed by atoms with Crippen molar-refractivity contribution in [1.82, 2.24) is 48.0 Å². The summed E-state index contributed by atoms with van der Waals surface area (Å²) in [6, 6.07) is 13.6. The Morgan fingerprint density at radius 3 is 1.99 bits per heavy atom. The summed E-state index contributed by atoms with van der Waals surface area (Å²) in [5, 5.41) is 39.8. The fourth-order valence-electron chi connectivity index (χ4n) is 7.71. The van der Waals surface area contributed by atoms with Gasteiger partial charge in [0.15, 0.2) is 0 Å². The summed E-state index contributed by atoms with van der Waals surface area (Å²) in [5.74, 6) is -7.28. The molecule has 13 N–H and O–H groups in total. The molecule has 1 unspecified atom stereocenters. The van der Waals surface area contributed by atoms with Crippen LogP contribution >= 0.6 is 11.8 Å². The third-order valence-corrected chi connectivity index (χ3v) is 12.8. The second-order valence-corrected chi connectivity index (χ2v) is 17.9. The maximum atomic E-state index is 13.8. The molecule has 0 bridgehead atoms. The molecule has 370 valence electrons. The van der Waals surface area contributed by atoms with E-state index in [-0.39, 0.29) is 43.3 Å². The topological polar surface area (TPSA) is 345 Å². The molecule has 2 aromatic rings. The lowest BCUT2D eigenvalue weighted by atomic mass is 9.94. The van der Waals surface area contributed by atoms with Gasteiger partial charge in [-0.3, -0.25) is 48.4 Å². The number of carboxylic acid groups (broad SMARTS) is 1. The van der Waals surface area contributed by atoms with Crippen LogP contribution in [0.25, 0.3) is 0 Å². The molecule has 0 radical (unpaired) electrons. The van der Waals surface area contributed by atoms with Gasteiger partial charge in [0.2, 0.25) is 47.3 Å². The zero-order valence-corrected chi connectivity index (χ0v) is 38.4. The number of hydrogen-bond acceptors (Lipinski definition) is 12. The number of unbranched alkanes of at least 4 members (excludes halogenated alkanes) is 2.